The molecule has 1 aromatic carbocycles. The summed E-state index contributed by atoms with van der Waals surface area (Å²) in [7, 11) is 0. The monoisotopic (exact) mass is 328 g/mol. The second-order valence-corrected chi connectivity index (χ2v) is 6.27. The molecular formula is C17H20N4O3. The van der Waals surface area contributed by atoms with Gasteiger partial charge in [0.25, 0.3) is 5.89 Å². The Morgan fingerprint density at radius 1 is 1.25 bits per heavy atom. The largest absolute Gasteiger partial charge is 0.434 e. The number of carbonyl (C=O) groups excluding carboxylic acids is 1. The van der Waals surface area contributed by atoms with Crippen molar-refractivity contribution in [3.05, 3.63) is 35.7 Å². The summed E-state index contributed by atoms with van der Waals surface area (Å²) in [4.78, 5) is 18.0. The molecule has 0 radical (unpaired) electrons. The minimum absolute atomic E-state index is 0.324. The Bertz CT molecular complexity index is 724. The Hall–Kier alpha value is -2.41. The first-order chi connectivity index (χ1) is 11.8. The lowest BCUT2D eigenvalue weighted by Gasteiger charge is -2.26. The molecule has 0 bridgehead atoms. The molecule has 0 unspecified atom stereocenters. The summed E-state index contributed by atoms with van der Waals surface area (Å²) >= 11 is 0. The van der Waals surface area contributed by atoms with Crippen LogP contribution in [-0.2, 0) is 11.3 Å². The summed E-state index contributed by atoms with van der Waals surface area (Å²) < 4.78 is 10.3. The summed E-state index contributed by atoms with van der Waals surface area (Å²) in [5.41, 5.74) is 2.16. The zero-order valence-electron chi connectivity index (χ0n) is 13.4. The highest BCUT2D eigenvalue weighted by Crippen LogP contribution is 2.24. The fourth-order valence-corrected chi connectivity index (χ4v) is 3.19. The molecule has 0 saturated carbocycles. The highest BCUT2D eigenvalue weighted by Gasteiger charge is 2.29. The van der Waals surface area contributed by atoms with Crippen LogP contribution in [0, 0.1) is 0 Å². The van der Waals surface area contributed by atoms with Crippen LogP contribution >= 0.6 is 0 Å². The lowest BCUT2D eigenvalue weighted by Crippen LogP contribution is -2.29. The van der Waals surface area contributed by atoms with Crippen LogP contribution in [-0.4, -0.2) is 40.8 Å². The maximum atomic E-state index is 11.1. The number of likely N-dealkylation sites (tertiary alicyclic amines) is 1. The Morgan fingerprint density at radius 3 is 2.92 bits per heavy atom. The quantitative estimate of drug-likeness (QED) is 0.929. The van der Waals surface area contributed by atoms with Crippen LogP contribution in [0.15, 0.2) is 28.8 Å². The van der Waals surface area contributed by atoms with Gasteiger partial charge in [-0.2, -0.15) is 4.98 Å². The minimum atomic E-state index is -0.504. The summed E-state index contributed by atoms with van der Waals surface area (Å²) in [6.07, 6.45) is 2.94. The van der Waals surface area contributed by atoms with Crippen LogP contribution in [0.3, 0.4) is 0 Å². The van der Waals surface area contributed by atoms with Gasteiger partial charge in [-0.25, -0.2) is 4.79 Å². The average molecular weight is 328 g/mol. The van der Waals surface area contributed by atoms with Crippen molar-refractivity contribution in [2.24, 2.45) is 0 Å². The minimum Gasteiger partial charge on any atom is -0.434 e. The molecule has 7 heteroatoms. The summed E-state index contributed by atoms with van der Waals surface area (Å²) in [5, 5.41) is 6.60. The molecule has 2 aromatic rings. The highest BCUT2D eigenvalue weighted by atomic mass is 16.6. The van der Waals surface area contributed by atoms with Crippen LogP contribution in [0.4, 0.5) is 4.79 Å². The number of nitrogens with zero attached hydrogens (tertiary/aromatic N) is 3. The molecule has 0 spiro atoms. The van der Waals surface area contributed by atoms with Gasteiger partial charge in [-0.1, -0.05) is 29.8 Å². The number of aromatic nitrogens is 2. The fourth-order valence-electron chi connectivity index (χ4n) is 3.19. The number of piperidine rings is 1. The number of rotatable bonds is 4. The SMILES string of the molecule is O=C1NC[C@@H](c2nc(-c3cccc(CN4CCCCC4)c3)no2)O1. The molecule has 2 fully saturated rings. The number of cyclic esters (lactones) is 1. The molecule has 1 atom stereocenters. The first kappa shape index (κ1) is 15.1. The van der Waals surface area contributed by atoms with Gasteiger partial charge in [0.05, 0.1) is 6.54 Å². The summed E-state index contributed by atoms with van der Waals surface area (Å²) in [6, 6.07) is 8.21. The number of hydrogen-bond donors (Lipinski definition) is 1. The first-order valence-corrected chi connectivity index (χ1v) is 8.38. The van der Waals surface area contributed by atoms with E-state index >= 15 is 0 Å². The van der Waals surface area contributed by atoms with Crippen LogP contribution in [0.1, 0.15) is 36.8 Å². The number of benzene rings is 1. The van der Waals surface area contributed by atoms with E-state index in [2.05, 4.69) is 32.5 Å². The number of amides is 1. The Morgan fingerprint density at radius 2 is 2.12 bits per heavy atom. The molecule has 4 rings (SSSR count). The van der Waals surface area contributed by atoms with Crippen LogP contribution in [0.5, 0.6) is 0 Å². The van der Waals surface area contributed by atoms with Crippen molar-refractivity contribution in [1.82, 2.24) is 20.4 Å². The first-order valence-electron chi connectivity index (χ1n) is 8.38. The Kier molecular flexibility index (Phi) is 4.17. The number of alkyl carbamates (subject to hydrolysis) is 1. The van der Waals surface area contributed by atoms with Gasteiger partial charge in [0.1, 0.15) is 0 Å². The third-order valence-corrected chi connectivity index (χ3v) is 4.44. The van der Waals surface area contributed by atoms with Crippen molar-refractivity contribution >= 4 is 6.09 Å². The van der Waals surface area contributed by atoms with Gasteiger partial charge in [0.15, 0.2) is 6.10 Å². The lowest BCUT2D eigenvalue weighted by molar-refractivity contribution is 0.120. The third-order valence-electron chi connectivity index (χ3n) is 4.44. The molecule has 2 aliphatic heterocycles. The average Bonchev–Trinajstić information content (AvgIpc) is 3.25. The van der Waals surface area contributed by atoms with Gasteiger partial charge in [-0.3, -0.25) is 4.90 Å². The second kappa shape index (κ2) is 6.60. The van der Waals surface area contributed by atoms with E-state index in [1.807, 2.05) is 12.1 Å². The van der Waals surface area contributed by atoms with E-state index in [-0.39, 0.29) is 0 Å². The van der Waals surface area contributed by atoms with Gasteiger partial charge >= 0.3 is 6.09 Å². The molecule has 1 amide bonds. The van der Waals surface area contributed by atoms with Crippen LogP contribution in [0.2, 0.25) is 0 Å². The van der Waals surface area contributed by atoms with Crippen molar-refractivity contribution < 1.29 is 14.1 Å². The Labute approximate surface area is 140 Å². The van der Waals surface area contributed by atoms with Gasteiger partial charge in [0, 0.05) is 12.1 Å². The summed E-state index contributed by atoms with van der Waals surface area (Å²) in [5.74, 6) is 0.846. The van der Waals surface area contributed by atoms with E-state index in [4.69, 9.17) is 9.26 Å². The predicted molar refractivity (Wildman–Crippen MR) is 86.1 cm³/mol. The Balaban J connectivity index is 1.49. The van der Waals surface area contributed by atoms with E-state index in [1.165, 1.54) is 24.8 Å². The molecule has 2 aliphatic rings. The molecule has 126 valence electrons. The van der Waals surface area contributed by atoms with Gasteiger partial charge in [-0.15, -0.1) is 0 Å². The number of ether oxygens (including phenoxy) is 1. The second-order valence-electron chi connectivity index (χ2n) is 6.27. The van der Waals surface area contributed by atoms with Crippen molar-refractivity contribution in [2.75, 3.05) is 19.6 Å². The molecule has 0 aliphatic carbocycles. The fraction of sp³-hybridized carbons (Fsp3) is 0.471. The van der Waals surface area contributed by atoms with Gasteiger partial charge in [0.2, 0.25) is 5.82 Å². The number of carbonyl (C=O) groups is 1. The number of hydrogen-bond acceptors (Lipinski definition) is 6. The lowest BCUT2D eigenvalue weighted by atomic mass is 10.1. The summed E-state index contributed by atoms with van der Waals surface area (Å²) in [6.45, 7) is 3.63. The molecule has 1 aromatic heterocycles. The van der Waals surface area contributed by atoms with Crippen LogP contribution in [0.25, 0.3) is 11.4 Å². The topological polar surface area (TPSA) is 80.5 Å². The van der Waals surface area contributed by atoms with Gasteiger partial charge in [-0.05, 0) is 37.6 Å². The molecule has 2 saturated heterocycles. The molecular weight excluding hydrogens is 308 g/mol. The standard InChI is InChI=1S/C17H20N4O3/c22-17-18-10-14(23-17)16-19-15(20-24-16)13-6-4-5-12(9-13)11-21-7-2-1-3-8-21/h4-6,9,14H,1-3,7-8,10-11H2,(H,18,22)/t14-/m0/s1. The van der Waals surface area contributed by atoms with E-state index < -0.39 is 12.2 Å². The van der Waals surface area contributed by atoms with E-state index in [9.17, 15) is 4.79 Å². The van der Waals surface area contributed by atoms with E-state index in [0.717, 1.165) is 25.2 Å². The van der Waals surface area contributed by atoms with Gasteiger partial charge < -0.3 is 14.6 Å². The molecule has 24 heavy (non-hydrogen) atoms. The highest BCUT2D eigenvalue weighted by molar-refractivity contribution is 5.69. The third kappa shape index (κ3) is 3.26. The predicted octanol–water partition coefficient (Wildman–Crippen LogP) is 2.50. The zero-order valence-corrected chi connectivity index (χ0v) is 13.4. The van der Waals surface area contributed by atoms with Crippen molar-refractivity contribution in [1.29, 1.82) is 0 Å². The van der Waals surface area contributed by atoms with Crippen LogP contribution < -0.4 is 5.32 Å². The van der Waals surface area contributed by atoms with E-state index in [0.29, 0.717) is 18.3 Å². The van der Waals surface area contributed by atoms with E-state index in [1.54, 1.807) is 0 Å². The maximum Gasteiger partial charge on any atom is 0.408 e. The van der Waals surface area contributed by atoms with Crippen molar-refractivity contribution in [2.45, 2.75) is 31.9 Å². The molecule has 1 N–H and O–H groups in total. The van der Waals surface area contributed by atoms with Crippen molar-refractivity contribution in [3.63, 3.8) is 0 Å². The number of nitrogens with one attached hydrogen (secondary N) is 1. The molecule has 3 heterocycles. The zero-order chi connectivity index (χ0) is 16.4. The molecule has 7 nitrogen and oxygen atoms in total. The smallest absolute Gasteiger partial charge is 0.408 e. The normalized spacial score (nSPS) is 21.5. The van der Waals surface area contributed by atoms with Crippen molar-refractivity contribution in [3.8, 4) is 11.4 Å². The maximum absolute atomic E-state index is 11.1.